The minimum atomic E-state index is 0.485. The highest BCUT2D eigenvalue weighted by atomic mass is 127. The second kappa shape index (κ2) is 6.85. The Hall–Kier alpha value is -0.400. The largest absolute Gasteiger partial charge is 0.441 e. The Kier molecular flexibility index (Phi) is 5.41. The van der Waals surface area contributed by atoms with Crippen LogP contribution < -0.4 is 5.32 Å². The zero-order valence-electron chi connectivity index (χ0n) is 10.9. The van der Waals surface area contributed by atoms with Crippen LogP contribution >= 0.6 is 38.5 Å². The number of rotatable bonds is 5. The van der Waals surface area contributed by atoms with E-state index in [-0.39, 0.29) is 0 Å². The zero-order valence-corrected chi connectivity index (χ0v) is 14.7. The number of nitrogens with one attached hydrogen (secondary N) is 1. The minimum absolute atomic E-state index is 0.485. The van der Waals surface area contributed by atoms with Gasteiger partial charge in [-0.25, -0.2) is 4.98 Å². The van der Waals surface area contributed by atoms with Crippen LogP contribution in [0, 0.1) is 3.57 Å². The van der Waals surface area contributed by atoms with Crippen LogP contribution in [-0.2, 0) is 6.42 Å². The van der Waals surface area contributed by atoms with E-state index < -0.39 is 0 Å². The zero-order chi connectivity index (χ0) is 13.8. The second-order valence-corrected chi connectivity index (χ2v) is 6.70. The van der Waals surface area contributed by atoms with Gasteiger partial charge in [0.15, 0.2) is 11.7 Å². The van der Waals surface area contributed by atoms with Gasteiger partial charge in [0.2, 0.25) is 0 Å². The van der Waals surface area contributed by atoms with Gasteiger partial charge >= 0.3 is 0 Å². The third kappa shape index (κ3) is 4.29. The third-order valence-corrected chi connectivity index (χ3v) is 4.00. The highest BCUT2D eigenvalue weighted by Crippen LogP contribution is 2.30. The van der Waals surface area contributed by atoms with Crippen molar-refractivity contribution in [3.63, 3.8) is 0 Å². The standard InChI is InChI=1S/C14H16BrIN2O/c1-9(2)17-6-5-14-18-8-13(19-14)11-7-10(16)3-4-12(11)15/h3-4,7-9,17H,5-6H2,1-2H3. The first-order valence-electron chi connectivity index (χ1n) is 6.20. The van der Waals surface area contributed by atoms with Gasteiger partial charge < -0.3 is 9.73 Å². The van der Waals surface area contributed by atoms with E-state index in [9.17, 15) is 0 Å². The van der Waals surface area contributed by atoms with Crippen LogP contribution in [0.15, 0.2) is 33.3 Å². The topological polar surface area (TPSA) is 38.1 Å². The molecule has 0 atom stereocenters. The molecule has 0 saturated heterocycles. The Labute approximate surface area is 135 Å². The fourth-order valence-electron chi connectivity index (χ4n) is 1.70. The number of halogens is 2. The van der Waals surface area contributed by atoms with E-state index in [0.29, 0.717) is 6.04 Å². The summed E-state index contributed by atoms with van der Waals surface area (Å²) < 4.78 is 8.00. The SMILES string of the molecule is CC(C)NCCc1ncc(-c2cc(I)ccc2Br)o1. The maximum absolute atomic E-state index is 5.80. The molecule has 0 aliphatic heterocycles. The van der Waals surface area contributed by atoms with E-state index in [1.165, 1.54) is 3.57 Å². The molecule has 2 aromatic rings. The van der Waals surface area contributed by atoms with Crippen LogP contribution in [0.4, 0.5) is 0 Å². The predicted molar refractivity (Wildman–Crippen MR) is 89.2 cm³/mol. The average Bonchev–Trinajstić information content (AvgIpc) is 2.80. The molecule has 0 radical (unpaired) electrons. The van der Waals surface area contributed by atoms with E-state index in [1.54, 1.807) is 6.20 Å². The summed E-state index contributed by atoms with van der Waals surface area (Å²) in [6.45, 7) is 5.14. The number of oxazole rings is 1. The molecule has 1 aromatic heterocycles. The van der Waals surface area contributed by atoms with E-state index >= 15 is 0 Å². The first kappa shape index (κ1) is 15.0. The van der Waals surface area contributed by atoms with Gasteiger partial charge in [0.05, 0.1) is 6.20 Å². The number of hydrogen-bond donors (Lipinski definition) is 1. The summed E-state index contributed by atoms with van der Waals surface area (Å²) in [6, 6.07) is 6.65. The van der Waals surface area contributed by atoms with E-state index in [1.807, 2.05) is 6.07 Å². The van der Waals surface area contributed by atoms with Crippen molar-refractivity contribution in [2.75, 3.05) is 6.54 Å². The Balaban J connectivity index is 2.10. The molecule has 3 nitrogen and oxygen atoms in total. The number of nitrogens with zero attached hydrogens (tertiary/aromatic N) is 1. The molecule has 0 fully saturated rings. The van der Waals surface area contributed by atoms with Crippen molar-refractivity contribution in [2.24, 2.45) is 0 Å². The summed E-state index contributed by atoms with van der Waals surface area (Å²) in [5, 5.41) is 3.35. The maximum Gasteiger partial charge on any atom is 0.196 e. The first-order chi connectivity index (χ1) is 9.06. The van der Waals surface area contributed by atoms with Crippen molar-refractivity contribution in [1.29, 1.82) is 0 Å². The van der Waals surface area contributed by atoms with E-state index in [0.717, 1.165) is 34.7 Å². The monoisotopic (exact) mass is 434 g/mol. The van der Waals surface area contributed by atoms with Crippen LogP contribution in [0.1, 0.15) is 19.7 Å². The van der Waals surface area contributed by atoms with Crippen LogP contribution in [0.3, 0.4) is 0 Å². The Bertz CT molecular complexity index is 554. The Morgan fingerprint density at radius 1 is 1.42 bits per heavy atom. The molecule has 1 aromatic carbocycles. The van der Waals surface area contributed by atoms with E-state index in [4.69, 9.17) is 4.42 Å². The molecule has 0 unspecified atom stereocenters. The van der Waals surface area contributed by atoms with Crippen molar-refractivity contribution in [3.05, 3.63) is 38.3 Å². The summed E-state index contributed by atoms with van der Waals surface area (Å²) in [7, 11) is 0. The maximum atomic E-state index is 5.80. The minimum Gasteiger partial charge on any atom is -0.441 e. The lowest BCUT2D eigenvalue weighted by molar-refractivity contribution is 0.484. The Morgan fingerprint density at radius 2 is 2.21 bits per heavy atom. The smallest absolute Gasteiger partial charge is 0.196 e. The molecule has 0 bridgehead atoms. The lowest BCUT2D eigenvalue weighted by Crippen LogP contribution is -2.24. The van der Waals surface area contributed by atoms with Gasteiger partial charge in [-0.15, -0.1) is 0 Å². The predicted octanol–water partition coefficient (Wildman–Crippen LogP) is 4.25. The molecule has 0 saturated carbocycles. The van der Waals surface area contributed by atoms with E-state index in [2.05, 4.69) is 74.8 Å². The quantitative estimate of drug-likeness (QED) is 0.715. The first-order valence-corrected chi connectivity index (χ1v) is 8.07. The summed E-state index contributed by atoms with van der Waals surface area (Å²) in [5.41, 5.74) is 1.04. The molecule has 102 valence electrons. The van der Waals surface area contributed by atoms with Crippen LogP contribution in [0.5, 0.6) is 0 Å². The van der Waals surface area contributed by atoms with Crippen LogP contribution in [0.2, 0.25) is 0 Å². The third-order valence-electron chi connectivity index (χ3n) is 2.64. The summed E-state index contributed by atoms with van der Waals surface area (Å²) >= 11 is 5.84. The number of hydrogen-bond acceptors (Lipinski definition) is 3. The summed E-state index contributed by atoms with van der Waals surface area (Å²) in [5.74, 6) is 1.58. The molecule has 0 amide bonds. The highest BCUT2D eigenvalue weighted by molar-refractivity contribution is 14.1. The van der Waals surface area contributed by atoms with Gasteiger partial charge in [-0.3, -0.25) is 0 Å². The number of aromatic nitrogens is 1. The molecular formula is C14H16BrIN2O. The molecule has 0 aliphatic carbocycles. The van der Waals surface area contributed by atoms with Gasteiger partial charge in [-0.1, -0.05) is 29.8 Å². The van der Waals surface area contributed by atoms with Gasteiger partial charge in [0, 0.05) is 32.6 Å². The van der Waals surface area contributed by atoms with Gasteiger partial charge in [0.1, 0.15) is 0 Å². The molecule has 0 spiro atoms. The molecule has 19 heavy (non-hydrogen) atoms. The average molecular weight is 435 g/mol. The molecule has 5 heteroatoms. The lowest BCUT2D eigenvalue weighted by atomic mass is 10.2. The normalized spacial score (nSPS) is 11.2. The van der Waals surface area contributed by atoms with Crippen molar-refractivity contribution >= 4 is 38.5 Å². The fraction of sp³-hybridized carbons (Fsp3) is 0.357. The summed E-state index contributed by atoms with van der Waals surface area (Å²) in [4.78, 5) is 4.33. The Morgan fingerprint density at radius 3 is 2.95 bits per heavy atom. The van der Waals surface area contributed by atoms with Crippen molar-refractivity contribution < 1.29 is 4.42 Å². The van der Waals surface area contributed by atoms with Gasteiger partial charge in [-0.2, -0.15) is 0 Å². The second-order valence-electron chi connectivity index (χ2n) is 4.60. The van der Waals surface area contributed by atoms with Crippen molar-refractivity contribution in [3.8, 4) is 11.3 Å². The fourth-order valence-corrected chi connectivity index (χ4v) is 2.64. The highest BCUT2D eigenvalue weighted by Gasteiger charge is 2.10. The number of benzene rings is 1. The molecular weight excluding hydrogens is 419 g/mol. The van der Waals surface area contributed by atoms with Gasteiger partial charge in [0.25, 0.3) is 0 Å². The summed E-state index contributed by atoms with van der Waals surface area (Å²) in [6.07, 6.45) is 2.60. The van der Waals surface area contributed by atoms with Crippen molar-refractivity contribution in [2.45, 2.75) is 26.3 Å². The molecule has 1 heterocycles. The lowest BCUT2D eigenvalue weighted by Gasteiger charge is -2.05. The van der Waals surface area contributed by atoms with Crippen LogP contribution in [0.25, 0.3) is 11.3 Å². The molecule has 1 N–H and O–H groups in total. The molecule has 2 rings (SSSR count). The van der Waals surface area contributed by atoms with Gasteiger partial charge in [-0.05, 0) is 40.8 Å². The molecule has 0 aliphatic rings. The van der Waals surface area contributed by atoms with Crippen molar-refractivity contribution in [1.82, 2.24) is 10.3 Å². The van der Waals surface area contributed by atoms with Crippen LogP contribution in [-0.4, -0.2) is 17.6 Å².